The Morgan fingerprint density at radius 1 is 1.30 bits per heavy atom. The van der Waals surface area contributed by atoms with Gasteiger partial charge in [0, 0.05) is 11.4 Å². The van der Waals surface area contributed by atoms with E-state index in [-0.39, 0.29) is 11.9 Å². The van der Waals surface area contributed by atoms with Gasteiger partial charge in [0.25, 0.3) is 5.91 Å². The van der Waals surface area contributed by atoms with Crippen molar-refractivity contribution in [2.24, 2.45) is 5.73 Å². The van der Waals surface area contributed by atoms with E-state index >= 15 is 0 Å². The molecule has 1 amide bonds. The second-order valence-corrected chi connectivity index (χ2v) is 5.61. The molecule has 0 aliphatic carbocycles. The minimum atomic E-state index is -0.0713. The SMILES string of the molecule is COc1ccc(C(C)NC(=O)c2ccc(CN)s2)cc1. The third-order valence-corrected chi connectivity index (χ3v) is 4.16. The van der Waals surface area contributed by atoms with Gasteiger partial charge < -0.3 is 15.8 Å². The fourth-order valence-corrected chi connectivity index (χ4v) is 2.64. The first-order chi connectivity index (χ1) is 9.63. The highest BCUT2D eigenvalue weighted by Crippen LogP contribution is 2.20. The smallest absolute Gasteiger partial charge is 0.261 e. The minimum absolute atomic E-state index is 0.0585. The molecule has 20 heavy (non-hydrogen) atoms. The lowest BCUT2D eigenvalue weighted by atomic mass is 10.1. The van der Waals surface area contributed by atoms with Crippen LogP contribution in [0.25, 0.3) is 0 Å². The molecule has 3 N–H and O–H groups in total. The first-order valence-electron chi connectivity index (χ1n) is 6.37. The first-order valence-corrected chi connectivity index (χ1v) is 7.19. The lowest BCUT2D eigenvalue weighted by molar-refractivity contribution is 0.0944. The van der Waals surface area contributed by atoms with Crippen molar-refractivity contribution in [3.63, 3.8) is 0 Å². The van der Waals surface area contributed by atoms with Crippen LogP contribution in [-0.4, -0.2) is 13.0 Å². The maximum Gasteiger partial charge on any atom is 0.261 e. The summed E-state index contributed by atoms with van der Waals surface area (Å²) in [5.74, 6) is 0.733. The summed E-state index contributed by atoms with van der Waals surface area (Å²) in [4.78, 5) is 13.8. The highest BCUT2D eigenvalue weighted by molar-refractivity contribution is 7.14. The van der Waals surface area contributed by atoms with Gasteiger partial charge in [0.1, 0.15) is 5.75 Å². The fraction of sp³-hybridized carbons (Fsp3) is 0.267. The number of hydrogen-bond donors (Lipinski definition) is 2. The zero-order valence-corrected chi connectivity index (χ0v) is 12.4. The number of amides is 1. The van der Waals surface area contributed by atoms with Gasteiger partial charge in [0.15, 0.2) is 0 Å². The summed E-state index contributed by atoms with van der Waals surface area (Å²) in [6, 6.07) is 11.3. The van der Waals surface area contributed by atoms with Crippen molar-refractivity contribution in [2.45, 2.75) is 19.5 Å². The molecular weight excluding hydrogens is 272 g/mol. The summed E-state index contributed by atoms with van der Waals surface area (Å²) >= 11 is 1.43. The Morgan fingerprint density at radius 3 is 2.55 bits per heavy atom. The van der Waals surface area contributed by atoms with E-state index in [9.17, 15) is 4.79 Å². The third-order valence-electron chi connectivity index (χ3n) is 3.05. The highest BCUT2D eigenvalue weighted by Gasteiger charge is 2.13. The molecule has 1 heterocycles. The van der Waals surface area contributed by atoms with Crippen LogP contribution >= 0.6 is 11.3 Å². The molecule has 1 unspecified atom stereocenters. The fourth-order valence-electron chi connectivity index (χ4n) is 1.85. The van der Waals surface area contributed by atoms with E-state index in [0.717, 1.165) is 16.2 Å². The van der Waals surface area contributed by atoms with Crippen molar-refractivity contribution >= 4 is 17.2 Å². The molecule has 2 rings (SSSR count). The van der Waals surface area contributed by atoms with Gasteiger partial charge in [0.2, 0.25) is 0 Å². The van der Waals surface area contributed by atoms with Crippen LogP contribution in [0.2, 0.25) is 0 Å². The number of benzene rings is 1. The molecular formula is C15H18N2O2S. The van der Waals surface area contributed by atoms with E-state index in [1.807, 2.05) is 43.3 Å². The summed E-state index contributed by atoms with van der Waals surface area (Å²) in [7, 11) is 1.63. The van der Waals surface area contributed by atoms with Crippen molar-refractivity contribution < 1.29 is 9.53 Å². The Hall–Kier alpha value is -1.85. The number of methoxy groups -OCH3 is 1. The van der Waals surface area contributed by atoms with Crippen LogP contribution in [0.5, 0.6) is 5.75 Å². The monoisotopic (exact) mass is 290 g/mol. The Balaban J connectivity index is 2.02. The summed E-state index contributed by atoms with van der Waals surface area (Å²) in [5.41, 5.74) is 6.59. The lowest BCUT2D eigenvalue weighted by Crippen LogP contribution is -2.25. The van der Waals surface area contributed by atoms with Crippen LogP contribution in [0.4, 0.5) is 0 Å². The quantitative estimate of drug-likeness (QED) is 0.890. The number of ether oxygens (including phenoxy) is 1. The zero-order chi connectivity index (χ0) is 14.5. The maximum absolute atomic E-state index is 12.1. The summed E-state index contributed by atoms with van der Waals surface area (Å²) in [6.45, 7) is 2.42. The Bertz CT molecular complexity index is 578. The zero-order valence-electron chi connectivity index (χ0n) is 11.6. The third kappa shape index (κ3) is 3.37. The predicted octanol–water partition coefficient (Wildman–Crippen LogP) is 2.71. The van der Waals surface area contributed by atoms with E-state index in [1.165, 1.54) is 11.3 Å². The molecule has 0 radical (unpaired) electrons. The molecule has 1 aromatic heterocycles. The number of thiophene rings is 1. The van der Waals surface area contributed by atoms with Gasteiger partial charge >= 0.3 is 0 Å². The van der Waals surface area contributed by atoms with Crippen LogP contribution in [0.1, 0.15) is 33.1 Å². The number of carbonyl (C=O) groups excluding carboxylic acids is 1. The number of carbonyl (C=O) groups is 1. The molecule has 106 valence electrons. The number of nitrogens with two attached hydrogens (primary N) is 1. The van der Waals surface area contributed by atoms with Crippen LogP contribution in [0.15, 0.2) is 36.4 Å². The van der Waals surface area contributed by atoms with E-state index < -0.39 is 0 Å². The standard InChI is InChI=1S/C15H18N2O2S/c1-10(11-3-5-12(19-2)6-4-11)17-15(18)14-8-7-13(9-16)20-14/h3-8,10H,9,16H2,1-2H3,(H,17,18). The van der Waals surface area contributed by atoms with Crippen LogP contribution in [-0.2, 0) is 6.54 Å². The molecule has 4 nitrogen and oxygen atoms in total. The Labute approximate surface area is 122 Å². The summed E-state index contributed by atoms with van der Waals surface area (Å²) in [5, 5.41) is 2.98. The second kappa shape index (κ2) is 6.54. The van der Waals surface area contributed by atoms with E-state index in [2.05, 4.69) is 5.32 Å². The van der Waals surface area contributed by atoms with E-state index in [4.69, 9.17) is 10.5 Å². The van der Waals surface area contributed by atoms with Gasteiger partial charge in [-0.2, -0.15) is 0 Å². The molecule has 0 bridgehead atoms. The molecule has 0 saturated heterocycles. The van der Waals surface area contributed by atoms with E-state index in [0.29, 0.717) is 11.4 Å². The van der Waals surface area contributed by atoms with Crippen molar-refractivity contribution in [3.05, 3.63) is 51.7 Å². The molecule has 1 atom stereocenters. The van der Waals surface area contributed by atoms with Crippen molar-refractivity contribution in [1.82, 2.24) is 5.32 Å². The van der Waals surface area contributed by atoms with Crippen LogP contribution in [0.3, 0.4) is 0 Å². The molecule has 0 spiro atoms. The predicted molar refractivity (Wildman–Crippen MR) is 81.1 cm³/mol. The molecule has 2 aromatic rings. The maximum atomic E-state index is 12.1. The molecule has 0 aliphatic heterocycles. The molecule has 5 heteroatoms. The Morgan fingerprint density at radius 2 is 2.00 bits per heavy atom. The summed E-state index contributed by atoms with van der Waals surface area (Å²) in [6.07, 6.45) is 0. The minimum Gasteiger partial charge on any atom is -0.497 e. The second-order valence-electron chi connectivity index (χ2n) is 4.44. The van der Waals surface area contributed by atoms with Gasteiger partial charge in [-0.15, -0.1) is 11.3 Å². The first kappa shape index (κ1) is 14.6. The molecule has 0 fully saturated rings. The average Bonchev–Trinajstić information content (AvgIpc) is 2.96. The average molecular weight is 290 g/mol. The largest absolute Gasteiger partial charge is 0.497 e. The van der Waals surface area contributed by atoms with Crippen LogP contribution in [0, 0.1) is 0 Å². The van der Waals surface area contributed by atoms with Crippen LogP contribution < -0.4 is 15.8 Å². The van der Waals surface area contributed by atoms with Crippen molar-refractivity contribution in [1.29, 1.82) is 0 Å². The number of nitrogens with one attached hydrogen (secondary N) is 1. The molecule has 0 saturated carbocycles. The molecule has 1 aromatic carbocycles. The van der Waals surface area contributed by atoms with E-state index in [1.54, 1.807) is 7.11 Å². The van der Waals surface area contributed by atoms with Gasteiger partial charge in [0.05, 0.1) is 18.0 Å². The van der Waals surface area contributed by atoms with Gasteiger partial charge in [-0.25, -0.2) is 0 Å². The van der Waals surface area contributed by atoms with Gasteiger partial charge in [-0.1, -0.05) is 12.1 Å². The molecule has 0 aliphatic rings. The lowest BCUT2D eigenvalue weighted by Gasteiger charge is -2.14. The number of hydrogen-bond acceptors (Lipinski definition) is 4. The number of rotatable bonds is 5. The van der Waals surface area contributed by atoms with Gasteiger partial charge in [-0.3, -0.25) is 4.79 Å². The van der Waals surface area contributed by atoms with Gasteiger partial charge in [-0.05, 0) is 36.8 Å². The summed E-state index contributed by atoms with van der Waals surface area (Å²) < 4.78 is 5.12. The Kier molecular flexibility index (Phi) is 4.76. The topological polar surface area (TPSA) is 64.3 Å². The van der Waals surface area contributed by atoms with Crippen molar-refractivity contribution in [3.8, 4) is 5.75 Å². The van der Waals surface area contributed by atoms with Crippen molar-refractivity contribution in [2.75, 3.05) is 7.11 Å². The normalized spacial score (nSPS) is 11.9. The highest BCUT2D eigenvalue weighted by atomic mass is 32.1.